The summed E-state index contributed by atoms with van der Waals surface area (Å²) >= 11 is 5.95. The molecule has 6 heteroatoms. The largest absolute Gasteiger partial charge is 0.339 e. The van der Waals surface area contributed by atoms with Crippen LogP contribution in [0.3, 0.4) is 0 Å². The Morgan fingerprint density at radius 3 is 3.00 bits per heavy atom. The van der Waals surface area contributed by atoms with Crippen molar-refractivity contribution in [2.45, 2.75) is 26.2 Å². The summed E-state index contributed by atoms with van der Waals surface area (Å²) in [7, 11) is 0. The van der Waals surface area contributed by atoms with E-state index in [2.05, 4.69) is 16.2 Å². The van der Waals surface area contributed by atoms with Gasteiger partial charge in [0.1, 0.15) is 5.82 Å². The van der Waals surface area contributed by atoms with Crippen molar-refractivity contribution in [1.82, 2.24) is 10.1 Å². The fourth-order valence-corrected chi connectivity index (χ4v) is 2.06. The minimum absolute atomic E-state index is 0.144. The van der Waals surface area contributed by atoms with Crippen molar-refractivity contribution in [2.24, 2.45) is 5.92 Å². The molecule has 0 spiro atoms. The molecule has 0 aliphatic carbocycles. The van der Waals surface area contributed by atoms with Gasteiger partial charge in [0.2, 0.25) is 5.89 Å². The molecule has 1 aromatic carbocycles. The van der Waals surface area contributed by atoms with Gasteiger partial charge in [-0.05, 0) is 18.1 Å². The third-order valence-electron chi connectivity index (χ3n) is 2.87. The fourth-order valence-electron chi connectivity index (χ4n) is 1.83. The highest BCUT2D eigenvalue weighted by Gasteiger charge is 2.14. The topological polar surface area (TPSA) is 62.7 Å². The molecular weight excluding hydrogens is 281 g/mol. The average Bonchev–Trinajstić information content (AvgIpc) is 2.82. The van der Waals surface area contributed by atoms with E-state index in [4.69, 9.17) is 21.4 Å². The summed E-state index contributed by atoms with van der Waals surface area (Å²) in [6.07, 6.45) is 1.14. The van der Waals surface area contributed by atoms with Crippen LogP contribution in [0.15, 0.2) is 22.7 Å². The highest BCUT2D eigenvalue weighted by molar-refractivity contribution is 6.31. The zero-order valence-corrected chi connectivity index (χ0v) is 11.7. The van der Waals surface area contributed by atoms with Gasteiger partial charge in [0.15, 0.2) is 5.82 Å². The van der Waals surface area contributed by atoms with Crippen LogP contribution >= 0.6 is 11.6 Å². The Balaban J connectivity index is 2.08. The Labute approximate surface area is 121 Å². The quantitative estimate of drug-likeness (QED) is 0.846. The minimum atomic E-state index is -0.387. The van der Waals surface area contributed by atoms with Gasteiger partial charge in [0, 0.05) is 29.8 Å². The standard InChI is InChI=1S/C14H13ClFN3O/c1-9(5-6-17)7-14-18-13(19-20-14)8-10-11(15)3-2-4-12(10)16/h2-4,9H,5,7-8H2,1H3. The van der Waals surface area contributed by atoms with Crippen molar-refractivity contribution in [1.29, 1.82) is 5.26 Å². The van der Waals surface area contributed by atoms with E-state index in [1.165, 1.54) is 6.07 Å². The van der Waals surface area contributed by atoms with Gasteiger partial charge in [-0.3, -0.25) is 0 Å². The number of nitrogens with zero attached hydrogens (tertiary/aromatic N) is 3. The maximum absolute atomic E-state index is 13.6. The van der Waals surface area contributed by atoms with E-state index in [-0.39, 0.29) is 18.2 Å². The van der Waals surface area contributed by atoms with Gasteiger partial charge in [-0.15, -0.1) is 0 Å². The van der Waals surface area contributed by atoms with Gasteiger partial charge in [0.05, 0.1) is 6.07 Å². The molecule has 2 rings (SSSR count). The summed E-state index contributed by atoms with van der Waals surface area (Å²) < 4.78 is 18.7. The van der Waals surface area contributed by atoms with E-state index in [0.717, 1.165) is 0 Å². The first-order valence-corrected chi connectivity index (χ1v) is 6.59. The first kappa shape index (κ1) is 14.5. The lowest BCUT2D eigenvalue weighted by atomic mass is 10.1. The summed E-state index contributed by atoms with van der Waals surface area (Å²) in [5.74, 6) is 0.596. The summed E-state index contributed by atoms with van der Waals surface area (Å²) in [5.41, 5.74) is 0.353. The number of hydrogen-bond donors (Lipinski definition) is 0. The molecule has 0 bridgehead atoms. The van der Waals surface area contributed by atoms with Crippen molar-refractivity contribution in [3.63, 3.8) is 0 Å². The van der Waals surface area contributed by atoms with E-state index < -0.39 is 0 Å². The maximum Gasteiger partial charge on any atom is 0.226 e. The second-order valence-electron chi connectivity index (χ2n) is 4.65. The third-order valence-corrected chi connectivity index (χ3v) is 3.22. The molecule has 0 fully saturated rings. The smallest absolute Gasteiger partial charge is 0.226 e. The van der Waals surface area contributed by atoms with Crippen LogP contribution in [0.1, 0.15) is 30.6 Å². The van der Waals surface area contributed by atoms with Gasteiger partial charge in [-0.2, -0.15) is 10.2 Å². The highest BCUT2D eigenvalue weighted by Crippen LogP contribution is 2.21. The molecule has 1 heterocycles. The van der Waals surface area contributed by atoms with E-state index in [1.54, 1.807) is 12.1 Å². The lowest BCUT2D eigenvalue weighted by Crippen LogP contribution is -2.00. The van der Waals surface area contributed by atoms with Gasteiger partial charge in [-0.1, -0.05) is 29.7 Å². The van der Waals surface area contributed by atoms with Gasteiger partial charge >= 0.3 is 0 Å². The predicted octanol–water partition coefficient (Wildman–Crippen LogP) is 3.55. The molecule has 1 atom stereocenters. The van der Waals surface area contributed by atoms with Crippen molar-refractivity contribution < 1.29 is 8.91 Å². The van der Waals surface area contributed by atoms with Crippen LogP contribution in [0.2, 0.25) is 5.02 Å². The molecule has 1 unspecified atom stereocenters. The number of rotatable bonds is 5. The zero-order chi connectivity index (χ0) is 14.5. The van der Waals surface area contributed by atoms with Crippen LogP contribution < -0.4 is 0 Å². The van der Waals surface area contributed by atoms with Crippen LogP contribution in [0, 0.1) is 23.1 Å². The average molecular weight is 294 g/mol. The summed E-state index contributed by atoms with van der Waals surface area (Å²) in [6.45, 7) is 1.93. The zero-order valence-electron chi connectivity index (χ0n) is 10.9. The summed E-state index contributed by atoms with van der Waals surface area (Å²) in [6, 6.07) is 6.61. The fraction of sp³-hybridized carbons (Fsp3) is 0.357. The normalized spacial score (nSPS) is 12.1. The molecule has 20 heavy (non-hydrogen) atoms. The second kappa shape index (κ2) is 6.49. The second-order valence-corrected chi connectivity index (χ2v) is 5.06. The van der Waals surface area contributed by atoms with Gasteiger partial charge in [-0.25, -0.2) is 4.39 Å². The molecule has 0 saturated carbocycles. The van der Waals surface area contributed by atoms with Crippen LogP contribution in [0.25, 0.3) is 0 Å². The molecule has 1 aromatic heterocycles. The molecule has 0 radical (unpaired) electrons. The highest BCUT2D eigenvalue weighted by atomic mass is 35.5. The molecule has 0 aliphatic heterocycles. The monoisotopic (exact) mass is 293 g/mol. The lowest BCUT2D eigenvalue weighted by molar-refractivity contribution is 0.355. The van der Waals surface area contributed by atoms with Crippen molar-refractivity contribution in [2.75, 3.05) is 0 Å². The molecule has 0 aliphatic rings. The molecule has 104 valence electrons. The summed E-state index contributed by atoms with van der Waals surface area (Å²) in [5, 5.41) is 12.8. The molecule has 0 saturated heterocycles. The van der Waals surface area contributed by atoms with Gasteiger partial charge < -0.3 is 4.52 Å². The Morgan fingerprint density at radius 1 is 1.50 bits per heavy atom. The number of benzene rings is 1. The van der Waals surface area contributed by atoms with Crippen molar-refractivity contribution >= 4 is 11.6 Å². The van der Waals surface area contributed by atoms with Crippen LogP contribution in [0.5, 0.6) is 0 Å². The van der Waals surface area contributed by atoms with E-state index >= 15 is 0 Å². The first-order chi connectivity index (χ1) is 9.60. The van der Waals surface area contributed by atoms with E-state index in [1.807, 2.05) is 6.92 Å². The van der Waals surface area contributed by atoms with Crippen LogP contribution in [0.4, 0.5) is 4.39 Å². The van der Waals surface area contributed by atoms with Crippen molar-refractivity contribution in [3.8, 4) is 6.07 Å². The first-order valence-electron chi connectivity index (χ1n) is 6.21. The number of halogens is 2. The minimum Gasteiger partial charge on any atom is -0.339 e. The van der Waals surface area contributed by atoms with E-state index in [0.29, 0.717) is 35.1 Å². The molecule has 0 amide bonds. The van der Waals surface area contributed by atoms with Crippen LogP contribution in [-0.2, 0) is 12.8 Å². The number of nitriles is 1. The third kappa shape index (κ3) is 3.55. The maximum atomic E-state index is 13.6. The Bertz CT molecular complexity index is 615. The Kier molecular flexibility index (Phi) is 4.70. The lowest BCUT2D eigenvalue weighted by Gasteiger charge is -2.02. The molecule has 4 nitrogen and oxygen atoms in total. The number of hydrogen-bond acceptors (Lipinski definition) is 4. The molecular formula is C14H13ClFN3O. The summed E-state index contributed by atoms with van der Waals surface area (Å²) in [4.78, 5) is 4.20. The van der Waals surface area contributed by atoms with Crippen LogP contribution in [-0.4, -0.2) is 10.1 Å². The molecule has 0 N–H and O–H groups in total. The Hall–Kier alpha value is -1.93. The number of aromatic nitrogens is 2. The van der Waals surface area contributed by atoms with Crippen molar-refractivity contribution in [3.05, 3.63) is 46.3 Å². The predicted molar refractivity (Wildman–Crippen MR) is 71.6 cm³/mol. The van der Waals surface area contributed by atoms with E-state index in [9.17, 15) is 4.39 Å². The molecule has 2 aromatic rings. The van der Waals surface area contributed by atoms with Gasteiger partial charge in [0.25, 0.3) is 0 Å². The SMILES string of the molecule is CC(CC#N)Cc1nc(Cc2c(F)cccc2Cl)no1. The Morgan fingerprint density at radius 2 is 2.30 bits per heavy atom.